The number of hydrogen-bond donors (Lipinski definition) is 1. The Bertz CT molecular complexity index is 523. The molecule has 0 aromatic carbocycles. The Balaban J connectivity index is 0.000000240. The first-order valence-electron chi connectivity index (χ1n) is 9.47. The van der Waals surface area contributed by atoms with Gasteiger partial charge in [-0.15, -0.1) is 0 Å². The third kappa shape index (κ3) is 4.94. The summed E-state index contributed by atoms with van der Waals surface area (Å²) in [7, 11) is 3.75. The van der Waals surface area contributed by atoms with Gasteiger partial charge in [0, 0.05) is 0 Å². The van der Waals surface area contributed by atoms with Crippen LogP contribution in [-0.2, 0) is 0 Å². The fourth-order valence-electron chi connectivity index (χ4n) is 5.47. The van der Waals surface area contributed by atoms with E-state index in [2.05, 4.69) is 16.0 Å². The Morgan fingerprint density at radius 3 is 1.70 bits per heavy atom. The fourth-order valence-corrected chi connectivity index (χ4v) is 5.47. The van der Waals surface area contributed by atoms with Crippen molar-refractivity contribution < 1.29 is 31.1 Å². The average Bonchev–Trinajstić information content (AvgIpc) is 3.40. The van der Waals surface area contributed by atoms with Crippen molar-refractivity contribution in [2.45, 2.75) is 51.9 Å². The second kappa shape index (κ2) is 8.64. The molecular weight excluding hydrogens is 374 g/mol. The van der Waals surface area contributed by atoms with Crippen LogP contribution in [0.2, 0.25) is 0 Å². The van der Waals surface area contributed by atoms with E-state index in [-0.39, 0.29) is 23.7 Å². The van der Waals surface area contributed by atoms with Crippen LogP contribution in [0.1, 0.15) is 39.5 Å². The van der Waals surface area contributed by atoms with Gasteiger partial charge < -0.3 is 0 Å². The molecule has 1 N–H and O–H groups in total. The number of fused-ring (bicyclic) bond motifs is 4. The number of rotatable bonds is 0. The summed E-state index contributed by atoms with van der Waals surface area (Å²) in [6, 6.07) is 0. The molecule has 0 saturated heterocycles. The van der Waals surface area contributed by atoms with Crippen LogP contribution in [0.5, 0.6) is 0 Å². The monoisotopic (exact) mass is 402 g/mol. The molecular formula is C18H26BF7N. The first kappa shape index (κ1) is 22.4. The molecule has 0 spiro atoms. The van der Waals surface area contributed by atoms with Gasteiger partial charge in [-0.05, 0) is 61.2 Å². The van der Waals surface area contributed by atoms with Crippen molar-refractivity contribution >= 4 is 7.64 Å². The molecule has 4 rings (SSSR count). The summed E-state index contributed by atoms with van der Waals surface area (Å²) in [6.45, 7) is 4.08. The third-order valence-electron chi connectivity index (χ3n) is 7.02. The van der Waals surface area contributed by atoms with Gasteiger partial charge in [0.25, 0.3) is 1.45 Å². The van der Waals surface area contributed by atoms with Gasteiger partial charge in [0.05, 0.1) is 11.8 Å². The molecule has 4 bridgehead atoms. The van der Waals surface area contributed by atoms with Crippen LogP contribution < -0.4 is 0 Å². The molecule has 0 aromatic rings. The minimum absolute atomic E-state index is 0.0833. The molecule has 1 radical (unpaired) electrons. The molecule has 0 aromatic heterocycles. The van der Waals surface area contributed by atoms with Gasteiger partial charge in [0.2, 0.25) is 0 Å². The summed E-state index contributed by atoms with van der Waals surface area (Å²) in [5.74, 6) is -1.01. The number of nitrogens with one attached hydrogen (secondary N) is 1. The number of alkyl halides is 6. The summed E-state index contributed by atoms with van der Waals surface area (Å²) in [4.78, 5) is 0. The average molecular weight is 402 g/mol. The second-order valence-electron chi connectivity index (χ2n) is 8.19. The molecule has 9 heteroatoms. The van der Waals surface area contributed by atoms with E-state index >= 15 is 0 Å². The van der Waals surface area contributed by atoms with Crippen molar-refractivity contribution in [1.29, 1.82) is 6.76 Å². The van der Waals surface area contributed by atoms with E-state index in [0.29, 0.717) is 24.7 Å². The van der Waals surface area contributed by atoms with Gasteiger partial charge in [-0.3, -0.25) is 4.72 Å². The SMILES string of the molecule is CC1C2CC(C1C)C(C(F)(F)F)C2.FC(F)(F)C1CC2C=CC1C2.[3H]F.[B]=N. The molecule has 155 valence electrons. The molecule has 4 aliphatic rings. The molecule has 3 fully saturated rings. The second-order valence-corrected chi connectivity index (χ2v) is 8.19. The normalized spacial score (nSPS) is 41.6. The van der Waals surface area contributed by atoms with Crippen molar-refractivity contribution in [2.24, 2.45) is 47.3 Å². The minimum atomic E-state index is -3.97. The molecule has 8 unspecified atom stereocenters. The predicted molar refractivity (Wildman–Crippen MR) is 90.0 cm³/mol. The van der Waals surface area contributed by atoms with Gasteiger partial charge in [-0.2, -0.15) is 26.3 Å². The summed E-state index contributed by atoms with van der Waals surface area (Å²) in [5, 5.41) is 5.25. The maximum atomic E-state index is 12.5. The van der Waals surface area contributed by atoms with E-state index in [9.17, 15) is 26.3 Å². The van der Waals surface area contributed by atoms with E-state index < -0.39 is 24.2 Å². The van der Waals surface area contributed by atoms with Crippen LogP contribution >= 0.6 is 0 Å². The van der Waals surface area contributed by atoms with Gasteiger partial charge >= 0.3 is 25.3 Å². The van der Waals surface area contributed by atoms with Gasteiger partial charge in [0.15, 0.2) is 0 Å². The van der Waals surface area contributed by atoms with E-state index in [1.54, 1.807) is 6.08 Å². The first-order valence-corrected chi connectivity index (χ1v) is 9.09. The molecule has 8 atom stereocenters. The Morgan fingerprint density at radius 2 is 1.41 bits per heavy atom. The van der Waals surface area contributed by atoms with Gasteiger partial charge in [-0.1, -0.05) is 26.0 Å². The molecule has 1 nitrogen and oxygen atoms in total. The summed E-state index contributed by atoms with van der Waals surface area (Å²) in [5.41, 5.74) is 0. The van der Waals surface area contributed by atoms with E-state index in [1.165, 1.54) is 0 Å². The van der Waals surface area contributed by atoms with Crippen molar-refractivity contribution in [1.82, 2.24) is 0 Å². The van der Waals surface area contributed by atoms with Crippen molar-refractivity contribution in [3.05, 3.63) is 12.2 Å². The number of halogens is 7. The number of hydrogen-bond acceptors (Lipinski definition) is 1. The standard InChI is InChI=1S/C10H15F3.C8H9F3.BHN.FH/c1-5-6(2)8-3-7(5)4-9(8)10(11,12)13;9-8(10,11)7-4-5-1-2-6(7)3-5;1-2;/h5-9H,3-4H2,1-2H3;1-2,5-7H,3-4H2;2H;1H/i/hT. The van der Waals surface area contributed by atoms with E-state index in [1.807, 2.05) is 13.0 Å². The van der Waals surface area contributed by atoms with Gasteiger partial charge in [-0.25, -0.2) is 0 Å². The Morgan fingerprint density at radius 1 is 0.852 bits per heavy atom. The Hall–Kier alpha value is -0.885. The quantitative estimate of drug-likeness (QED) is 0.279. The number of allylic oxidation sites excluding steroid dienone is 2. The zero-order valence-corrected chi connectivity index (χ0v) is 15.3. The van der Waals surface area contributed by atoms with Gasteiger partial charge in [0.1, 0.15) is 0 Å². The zero-order valence-electron chi connectivity index (χ0n) is 16.3. The maximum absolute atomic E-state index is 12.5. The molecule has 0 aliphatic heterocycles. The molecule has 3 saturated carbocycles. The Kier molecular flexibility index (Phi) is 7.17. The van der Waals surface area contributed by atoms with Crippen molar-refractivity contribution in [3.63, 3.8) is 0 Å². The van der Waals surface area contributed by atoms with Crippen LogP contribution in [0.4, 0.5) is 31.1 Å². The van der Waals surface area contributed by atoms with Crippen LogP contribution in [0.3, 0.4) is 0 Å². The van der Waals surface area contributed by atoms with Crippen LogP contribution in [0.15, 0.2) is 12.2 Å². The summed E-state index contributed by atoms with van der Waals surface area (Å²) in [6.07, 6.45) is -2.02. The van der Waals surface area contributed by atoms with Crippen molar-refractivity contribution in [2.75, 3.05) is 0 Å². The summed E-state index contributed by atoms with van der Waals surface area (Å²) < 4.78 is 87.1. The first-order chi connectivity index (χ1) is 13.0. The Labute approximate surface area is 157 Å². The summed E-state index contributed by atoms with van der Waals surface area (Å²) >= 11 is 0. The van der Waals surface area contributed by atoms with Crippen LogP contribution in [0.25, 0.3) is 0 Å². The van der Waals surface area contributed by atoms with E-state index in [0.717, 1.165) is 12.8 Å². The topological polar surface area (TPSA) is 23.9 Å². The molecule has 27 heavy (non-hydrogen) atoms. The molecule has 4 aliphatic carbocycles. The van der Waals surface area contributed by atoms with E-state index in [4.69, 9.17) is 10.0 Å². The molecule has 0 heterocycles. The molecule has 0 amide bonds. The zero-order chi connectivity index (χ0) is 21.9. The fraction of sp³-hybridized carbons (Fsp3) is 0.889. The van der Waals surface area contributed by atoms with Crippen LogP contribution in [-0.4, -0.2) is 21.4 Å². The van der Waals surface area contributed by atoms with Crippen molar-refractivity contribution in [3.8, 4) is 0 Å². The van der Waals surface area contributed by atoms with Crippen LogP contribution in [0, 0.1) is 52.7 Å². The third-order valence-corrected chi connectivity index (χ3v) is 7.02. The predicted octanol–water partition coefficient (Wildman–Crippen LogP) is 6.31.